The van der Waals surface area contributed by atoms with Gasteiger partial charge in [-0.1, -0.05) is 23.7 Å². The summed E-state index contributed by atoms with van der Waals surface area (Å²) < 4.78 is 13.1. The van der Waals surface area contributed by atoms with E-state index >= 15 is 0 Å². The van der Waals surface area contributed by atoms with Gasteiger partial charge >= 0.3 is 5.97 Å². The van der Waals surface area contributed by atoms with Crippen LogP contribution in [0.3, 0.4) is 0 Å². The number of carbonyl (C=O) groups excluding carboxylic acids is 2. The number of hydrogen-bond donors (Lipinski definition) is 2. The minimum Gasteiger partial charge on any atom is -0.475 e. The van der Waals surface area contributed by atoms with Crippen molar-refractivity contribution in [2.75, 3.05) is 0 Å². The van der Waals surface area contributed by atoms with Crippen LogP contribution in [-0.2, 0) is 16.0 Å². The van der Waals surface area contributed by atoms with Gasteiger partial charge in [-0.3, -0.25) is 14.4 Å². The first-order valence-electron chi connectivity index (χ1n) is 8.14. The van der Waals surface area contributed by atoms with E-state index < -0.39 is 29.4 Å². The summed E-state index contributed by atoms with van der Waals surface area (Å²) >= 11 is 6.24. The summed E-state index contributed by atoms with van der Waals surface area (Å²) in [6, 6.07) is 9.06. The van der Waals surface area contributed by atoms with E-state index in [1.54, 1.807) is 24.3 Å². The Hall–Kier alpha value is -3.32. The van der Waals surface area contributed by atoms with E-state index in [0.717, 1.165) is 11.8 Å². The third-order valence-corrected chi connectivity index (χ3v) is 4.48. The molecule has 1 aromatic heterocycles. The van der Waals surface area contributed by atoms with Crippen LogP contribution < -0.4 is 5.43 Å². The highest BCUT2D eigenvalue weighted by Gasteiger charge is 2.21. The Morgan fingerprint density at radius 2 is 1.75 bits per heavy atom. The number of fused-ring (bicyclic) bond motifs is 1. The molecule has 6 nitrogen and oxygen atoms in total. The van der Waals surface area contributed by atoms with Crippen LogP contribution in [0.25, 0.3) is 10.9 Å². The molecule has 8 heteroatoms. The van der Waals surface area contributed by atoms with E-state index in [4.69, 9.17) is 16.7 Å². The molecule has 3 aromatic rings. The van der Waals surface area contributed by atoms with Crippen molar-refractivity contribution < 1.29 is 23.9 Å². The molecule has 142 valence electrons. The maximum Gasteiger partial charge on any atom is 0.372 e. The molecule has 0 saturated heterocycles. The molecule has 2 aromatic carbocycles. The Morgan fingerprint density at radius 3 is 2.39 bits per heavy atom. The summed E-state index contributed by atoms with van der Waals surface area (Å²) in [4.78, 5) is 49.5. The first-order valence-corrected chi connectivity index (χ1v) is 8.51. The number of rotatable bonds is 6. The molecule has 0 aliphatic heterocycles. The maximum atomic E-state index is 13.1. The number of ketones is 2. The fourth-order valence-corrected chi connectivity index (χ4v) is 3.10. The molecule has 3 rings (SSSR count). The SMILES string of the molecule is O=C(O)C(=O)CC(=O)c1c[nH]c2c(Cl)cc(Cc3ccc(F)cc3)cc2c1=O. The second kappa shape index (κ2) is 7.74. The number of halogens is 2. The molecule has 0 aliphatic rings. The zero-order chi connectivity index (χ0) is 20.4. The number of H-pyrrole nitrogens is 1. The van der Waals surface area contributed by atoms with Crippen molar-refractivity contribution in [3.63, 3.8) is 0 Å². The molecule has 28 heavy (non-hydrogen) atoms. The van der Waals surface area contributed by atoms with E-state index in [-0.39, 0.29) is 21.8 Å². The Balaban J connectivity index is 2.02. The molecule has 0 aliphatic carbocycles. The standard InChI is InChI=1S/C20H13ClFNO5/c21-15-7-11(5-10-1-3-12(22)4-2-10)6-13-18(15)23-9-14(19(13)26)16(24)8-17(25)20(27)28/h1-4,6-7,9H,5,8H2,(H,23,26)(H,27,28). The highest BCUT2D eigenvalue weighted by Crippen LogP contribution is 2.24. The number of nitrogens with one attached hydrogen (secondary N) is 1. The topological polar surface area (TPSA) is 104 Å². The third-order valence-electron chi connectivity index (χ3n) is 4.18. The van der Waals surface area contributed by atoms with Crippen LogP contribution in [0.1, 0.15) is 27.9 Å². The molecule has 0 unspecified atom stereocenters. The Labute approximate surface area is 162 Å². The first-order chi connectivity index (χ1) is 13.3. The Kier molecular flexibility index (Phi) is 5.37. The number of Topliss-reactive ketones (excluding diaryl/α,β-unsaturated/α-hetero) is 2. The summed E-state index contributed by atoms with van der Waals surface area (Å²) in [7, 11) is 0. The Bertz CT molecular complexity index is 1170. The molecular weight excluding hydrogens is 389 g/mol. The monoisotopic (exact) mass is 401 g/mol. The van der Waals surface area contributed by atoms with Gasteiger partial charge in [-0.05, 0) is 41.8 Å². The Morgan fingerprint density at radius 1 is 1.07 bits per heavy atom. The molecule has 0 saturated carbocycles. The van der Waals surface area contributed by atoms with Crippen LogP contribution in [0.2, 0.25) is 5.02 Å². The number of aliphatic carboxylic acids is 1. The largest absolute Gasteiger partial charge is 0.475 e. The van der Waals surface area contributed by atoms with E-state index in [1.807, 2.05) is 0 Å². The second-order valence-corrected chi connectivity index (χ2v) is 6.57. The van der Waals surface area contributed by atoms with Gasteiger partial charge in [0.05, 0.1) is 22.5 Å². The lowest BCUT2D eigenvalue weighted by Gasteiger charge is -2.08. The van der Waals surface area contributed by atoms with Crippen molar-refractivity contribution in [1.29, 1.82) is 0 Å². The van der Waals surface area contributed by atoms with Crippen LogP contribution >= 0.6 is 11.6 Å². The van der Waals surface area contributed by atoms with Gasteiger partial charge in [-0.25, -0.2) is 9.18 Å². The number of benzene rings is 2. The minimum absolute atomic E-state index is 0.137. The molecule has 0 radical (unpaired) electrons. The van der Waals surface area contributed by atoms with Gasteiger partial charge in [0.15, 0.2) is 11.2 Å². The maximum absolute atomic E-state index is 13.1. The second-order valence-electron chi connectivity index (χ2n) is 6.16. The first kappa shape index (κ1) is 19.4. The minimum atomic E-state index is -1.74. The molecule has 0 bridgehead atoms. The van der Waals surface area contributed by atoms with Crippen molar-refractivity contribution in [2.45, 2.75) is 12.8 Å². The van der Waals surface area contributed by atoms with Gasteiger partial charge in [0.2, 0.25) is 5.78 Å². The lowest BCUT2D eigenvalue weighted by Crippen LogP contribution is -2.22. The van der Waals surface area contributed by atoms with Crippen LogP contribution in [0.5, 0.6) is 0 Å². The van der Waals surface area contributed by atoms with E-state index in [9.17, 15) is 23.6 Å². The molecule has 0 fully saturated rings. The number of carbonyl (C=O) groups is 3. The molecule has 0 spiro atoms. The average Bonchev–Trinajstić information content (AvgIpc) is 2.64. The zero-order valence-corrected chi connectivity index (χ0v) is 15.0. The van der Waals surface area contributed by atoms with Crippen LogP contribution in [-0.4, -0.2) is 27.6 Å². The predicted molar refractivity (Wildman–Crippen MR) is 100 cm³/mol. The summed E-state index contributed by atoms with van der Waals surface area (Å²) in [6.45, 7) is 0. The smallest absolute Gasteiger partial charge is 0.372 e. The van der Waals surface area contributed by atoms with Gasteiger partial charge in [0.25, 0.3) is 0 Å². The quantitative estimate of drug-likeness (QED) is 0.375. The van der Waals surface area contributed by atoms with Crippen molar-refractivity contribution in [3.8, 4) is 0 Å². The summed E-state index contributed by atoms with van der Waals surface area (Å²) in [5.74, 6) is -4.30. The number of aromatic nitrogens is 1. The van der Waals surface area contributed by atoms with Crippen molar-refractivity contribution in [3.05, 3.63) is 80.3 Å². The normalized spacial score (nSPS) is 10.8. The highest BCUT2D eigenvalue weighted by atomic mass is 35.5. The lowest BCUT2D eigenvalue weighted by molar-refractivity contribution is -0.148. The predicted octanol–water partition coefficient (Wildman–Crippen LogP) is 3.14. The summed E-state index contributed by atoms with van der Waals surface area (Å²) in [5.41, 5.74) is 0.806. The van der Waals surface area contributed by atoms with Gasteiger partial charge < -0.3 is 10.1 Å². The number of pyridine rings is 1. The van der Waals surface area contributed by atoms with Gasteiger partial charge in [0.1, 0.15) is 5.82 Å². The molecule has 2 N–H and O–H groups in total. The fourth-order valence-electron chi connectivity index (χ4n) is 2.81. The van der Waals surface area contributed by atoms with E-state index in [1.165, 1.54) is 12.1 Å². The van der Waals surface area contributed by atoms with E-state index in [0.29, 0.717) is 17.5 Å². The molecule has 0 amide bonds. The third kappa shape index (κ3) is 3.99. The molecule has 0 atom stereocenters. The van der Waals surface area contributed by atoms with Gasteiger partial charge in [0, 0.05) is 11.6 Å². The number of aromatic amines is 1. The number of carboxylic acids is 1. The van der Waals surface area contributed by atoms with Gasteiger partial charge in [-0.15, -0.1) is 0 Å². The highest BCUT2D eigenvalue weighted by molar-refractivity contribution is 6.37. The van der Waals surface area contributed by atoms with Crippen LogP contribution in [0, 0.1) is 5.82 Å². The number of carboxylic acid groups (broad SMARTS) is 1. The molecular formula is C20H13ClFNO5. The summed E-state index contributed by atoms with van der Waals surface area (Å²) in [6.07, 6.45) is 0.589. The lowest BCUT2D eigenvalue weighted by atomic mass is 10.0. The van der Waals surface area contributed by atoms with Crippen molar-refractivity contribution in [1.82, 2.24) is 4.98 Å². The average molecular weight is 402 g/mol. The van der Waals surface area contributed by atoms with Gasteiger partial charge in [-0.2, -0.15) is 0 Å². The molecule has 1 heterocycles. The van der Waals surface area contributed by atoms with Crippen LogP contribution in [0.4, 0.5) is 4.39 Å². The zero-order valence-electron chi connectivity index (χ0n) is 14.3. The fraction of sp³-hybridized carbons (Fsp3) is 0.100. The van der Waals surface area contributed by atoms with E-state index in [2.05, 4.69) is 4.98 Å². The summed E-state index contributed by atoms with van der Waals surface area (Å²) in [5, 5.41) is 9.01. The van der Waals surface area contributed by atoms with Crippen molar-refractivity contribution in [2.24, 2.45) is 0 Å². The number of hydrogen-bond acceptors (Lipinski definition) is 4. The van der Waals surface area contributed by atoms with Crippen LogP contribution in [0.15, 0.2) is 47.4 Å². The van der Waals surface area contributed by atoms with Crippen molar-refractivity contribution >= 4 is 40.0 Å².